The number of H-pyrrole nitrogens is 3. The second-order valence-electron chi connectivity index (χ2n) is 15.3. The average Bonchev–Trinajstić information content (AvgIpc) is 3.82. The minimum atomic E-state index is -4.75. The van der Waals surface area contributed by atoms with Crippen LogP contribution in [0.5, 0.6) is 0 Å². The van der Waals surface area contributed by atoms with E-state index in [9.17, 15) is 36.7 Å². The number of nitrogens with one attached hydrogen (secondary N) is 5. The second-order valence-corrected chi connectivity index (χ2v) is 15.3. The Bertz CT molecular complexity index is 3080. The standard InChI is InChI=1S/C23H23N3O2.C22H17F4N3O3/c1-13-6-5-7-17-20(13)21(27)15(12-25-17)22(28)26-19-11-18-14(8-9-24-18)10-16(19)23(2,3)4;1-32-7-6-29-5-4-12-8-16(22(24,25)26)18(10-19(12)29)28-21(31)15-11-27-17-3-2-13(23)9-14(17)20(15)30/h5-12,24H,1-4H3,(H,25,27)(H,26,28);2-5,8-11H,6-7H2,1H3,(H,27,30)(H,28,31). The van der Waals surface area contributed by atoms with Gasteiger partial charge in [0.1, 0.15) is 16.9 Å². The zero-order valence-corrected chi connectivity index (χ0v) is 33.2. The Balaban J connectivity index is 0.000000183. The van der Waals surface area contributed by atoms with Crippen LogP contribution in [0.3, 0.4) is 0 Å². The van der Waals surface area contributed by atoms with E-state index < -0.39 is 46.1 Å². The zero-order chi connectivity index (χ0) is 43.1. The van der Waals surface area contributed by atoms with Gasteiger partial charge in [-0.3, -0.25) is 19.2 Å². The predicted octanol–water partition coefficient (Wildman–Crippen LogP) is 9.41. The van der Waals surface area contributed by atoms with Crippen molar-refractivity contribution in [3.05, 3.63) is 152 Å². The van der Waals surface area contributed by atoms with Crippen LogP contribution in [0.25, 0.3) is 43.6 Å². The first-order valence-corrected chi connectivity index (χ1v) is 18.8. The summed E-state index contributed by atoms with van der Waals surface area (Å²) in [5.41, 5.74) is 1.88. The Labute approximate surface area is 339 Å². The van der Waals surface area contributed by atoms with Crippen LogP contribution in [0.1, 0.15) is 58.2 Å². The van der Waals surface area contributed by atoms with E-state index in [-0.39, 0.29) is 21.8 Å². The van der Waals surface area contributed by atoms with Gasteiger partial charge in [0.15, 0.2) is 0 Å². The Hall–Kier alpha value is -7.00. The SMILES string of the molecule is COCCn1ccc2cc(C(F)(F)F)c(NC(=O)c3c[nH]c4ccc(F)cc4c3=O)cc21.Cc1cccc2[nH]cc(C(=O)Nc3cc4[nH]ccc4cc3C(C)(C)C)c(=O)c12. The molecule has 0 aliphatic rings. The van der Waals surface area contributed by atoms with E-state index in [0.717, 1.165) is 51.9 Å². The molecule has 4 aromatic heterocycles. The van der Waals surface area contributed by atoms with E-state index in [1.807, 2.05) is 43.5 Å². The molecule has 2 amide bonds. The van der Waals surface area contributed by atoms with Gasteiger partial charge in [-0.15, -0.1) is 0 Å². The lowest BCUT2D eigenvalue weighted by Crippen LogP contribution is -2.24. The molecule has 4 heterocycles. The van der Waals surface area contributed by atoms with Crippen molar-refractivity contribution in [2.45, 2.75) is 45.8 Å². The monoisotopic (exact) mass is 820 g/mol. The maximum Gasteiger partial charge on any atom is 0.418 e. The van der Waals surface area contributed by atoms with Crippen molar-refractivity contribution in [3.63, 3.8) is 0 Å². The lowest BCUT2D eigenvalue weighted by atomic mass is 9.85. The van der Waals surface area contributed by atoms with Crippen LogP contribution in [0.2, 0.25) is 0 Å². The first-order valence-electron chi connectivity index (χ1n) is 18.8. The lowest BCUT2D eigenvalue weighted by molar-refractivity contribution is -0.136. The summed E-state index contributed by atoms with van der Waals surface area (Å²) in [5, 5.41) is 7.05. The van der Waals surface area contributed by atoms with Gasteiger partial charge in [-0.2, -0.15) is 13.2 Å². The van der Waals surface area contributed by atoms with Gasteiger partial charge in [0.05, 0.1) is 23.4 Å². The molecule has 11 nitrogen and oxygen atoms in total. The van der Waals surface area contributed by atoms with Gasteiger partial charge in [-0.1, -0.05) is 32.9 Å². The van der Waals surface area contributed by atoms with E-state index >= 15 is 0 Å². The second kappa shape index (κ2) is 16.0. The number of anilines is 2. The maximum absolute atomic E-state index is 13.7. The number of methoxy groups -OCH3 is 1. The summed E-state index contributed by atoms with van der Waals surface area (Å²) in [6.45, 7) is 8.91. The smallest absolute Gasteiger partial charge is 0.383 e. The van der Waals surface area contributed by atoms with E-state index in [4.69, 9.17) is 4.74 Å². The van der Waals surface area contributed by atoms with Gasteiger partial charge in [-0.25, -0.2) is 4.39 Å². The number of rotatable bonds is 7. The van der Waals surface area contributed by atoms with Gasteiger partial charge >= 0.3 is 6.18 Å². The van der Waals surface area contributed by atoms with Crippen molar-refractivity contribution in [2.24, 2.45) is 0 Å². The number of hydrogen-bond donors (Lipinski definition) is 5. The summed E-state index contributed by atoms with van der Waals surface area (Å²) in [6.07, 6.45) is 1.33. The minimum absolute atomic E-state index is 0.0856. The molecule has 0 saturated heterocycles. The van der Waals surface area contributed by atoms with Crippen molar-refractivity contribution >= 4 is 66.8 Å². The molecule has 0 unspecified atom stereocenters. The van der Waals surface area contributed by atoms with Crippen molar-refractivity contribution in [3.8, 4) is 0 Å². The number of aryl methyl sites for hydroxylation is 1. The molecule has 4 aromatic carbocycles. The fourth-order valence-electron chi connectivity index (χ4n) is 7.13. The van der Waals surface area contributed by atoms with Gasteiger partial charge in [0.2, 0.25) is 10.9 Å². The van der Waals surface area contributed by atoms with Crippen LogP contribution >= 0.6 is 0 Å². The molecule has 0 aliphatic carbocycles. The first-order chi connectivity index (χ1) is 28.4. The van der Waals surface area contributed by atoms with Crippen LogP contribution in [0, 0.1) is 12.7 Å². The molecule has 0 saturated carbocycles. The molecule has 0 aliphatic heterocycles. The van der Waals surface area contributed by atoms with Gasteiger partial charge in [0, 0.05) is 76.8 Å². The highest BCUT2D eigenvalue weighted by Crippen LogP contribution is 2.38. The molecule has 15 heteroatoms. The number of pyridine rings is 2. The average molecular weight is 821 g/mol. The highest BCUT2D eigenvalue weighted by Gasteiger charge is 2.35. The van der Waals surface area contributed by atoms with Crippen molar-refractivity contribution in [1.29, 1.82) is 0 Å². The summed E-state index contributed by atoms with van der Waals surface area (Å²) >= 11 is 0. The van der Waals surface area contributed by atoms with Crippen molar-refractivity contribution in [1.82, 2.24) is 19.5 Å². The van der Waals surface area contributed by atoms with Crippen LogP contribution in [-0.4, -0.2) is 45.1 Å². The summed E-state index contributed by atoms with van der Waals surface area (Å²) < 4.78 is 61.3. The summed E-state index contributed by atoms with van der Waals surface area (Å²) in [4.78, 5) is 60.3. The summed E-state index contributed by atoms with van der Waals surface area (Å²) in [6, 6.07) is 18.7. The first kappa shape index (κ1) is 41.2. The van der Waals surface area contributed by atoms with Crippen molar-refractivity contribution in [2.75, 3.05) is 24.4 Å². The third-order valence-corrected chi connectivity index (χ3v) is 10.2. The zero-order valence-electron chi connectivity index (χ0n) is 33.2. The molecule has 308 valence electrons. The summed E-state index contributed by atoms with van der Waals surface area (Å²) in [7, 11) is 1.51. The number of carbonyl (C=O) groups excluding carboxylic acids is 2. The number of nitrogens with zero attached hydrogens (tertiary/aromatic N) is 1. The predicted molar refractivity (Wildman–Crippen MR) is 226 cm³/mol. The highest BCUT2D eigenvalue weighted by atomic mass is 19.4. The third kappa shape index (κ3) is 8.16. The molecule has 0 bridgehead atoms. The number of ether oxygens (including phenoxy) is 1. The van der Waals surface area contributed by atoms with Crippen LogP contribution in [0.4, 0.5) is 28.9 Å². The van der Waals surface area contributed by atoms with Gasteiger partial charge in [-0.05, 0) is 89.5 Å². The number of benzene rings is 4. The summed E-state index contributed by atoms with van der Waals surface area (Å²) in [5.74, 6) is -2.14. The number of fused-ring (bicyclic) bond motifs is 4. The lowest BCUT2D eigenvalue weighted by Gasteiger charge is -2.23. The normalized spacial score (nSPS) is 11.9. The number of halogens is 4. The number of aromatic nitrogens is 4. The Morgan fingerprint density at radius 3 is 2.10 bits per heavy atom. The molecular formula is C45H40F4N6O5. The number of aromatic amines is 3. The molecule has 8 rings (SSSR count). The quantitative estimate of drug-likeness (QED) is 0.101. The molecule has 0 atom stereocenters. The van der Waals surface area contributed by atoms with Crippen molar-refractivity contribution < 1.29 is 31.9 Å². The molecule has 8 aromatic rings. The fourth-order valence-corrected chi connectivity index (χ4v) is 7.13. The highest BCUT2D eigenvalue weighted by molar-refractivity contribution is 6.08. The minimum Gasteiger partial charge on any atom is -0.383 e. The number of alkyl halides is 3. The van der Waals surface area contributed by atoms with E-state index in [2.05, 4.69) is 52.4 Å². The number of carbonyl (C=O) groups is 2. The van der Waals surface area contributed by atoms with E-state index in [0.29, 0.717) is 40.6 Å². The Morgan fingerprint density at radius 2 is 1.42 bits per heavy atom. The molecular weight excluding hydrogens is 781 g/mol. The van der Waals surface area contributed by atoms with E-state index in [1.54, 1.807) is 10.8 Å². The Kier molecular flexibility index (Phi) is 11.0. The van der Waals surface area contributed by atoms with E-state index in [1.165, 1.54) is 31.5 Å². The van der Waals surface area contributed by atoms with Gasteiger partial charge in [0.25, 0.3) is 11.8 Å². The largest absolute Gasteiger partial charge is 0.418 e. The molecule has 60 heavy (non-hydrogen) atoms. The van der Waals surface area contributed by atoms with Crippen LogP contribution in [0.15, 0.2) is 107 Å². The van der Waals surface area contributed by atoms with Crippen LogP contribution < -0.4 is 21.5 Å². The maximum atomic E-state index is 13.7. The number of hydrogen-bond acceptors (Lipinski definition) is 5. The topological polar surface area (TPSA) is 154 Å². The van der Waals surface area contributed by atoms with Crippen LogP contribution in [-0.2, 0) is 22.9 Å². The number of amides is 2. The molecule has 0 radical (unpaired) electrons. The van der Waals surface area contributed by atoms with Gasteiger partial charge < -0.3 is 34.9 Å². The fraction of sp³-hybridized carbons (Fsp3) is 0.200. The molecule has 5 N–H and O–H groups in total. The molecule has 0 spiro atoms. The Morgan fingerprint density at radius 1 is 0.750 bits per heavy atom. The molecule has 0 fully saturated rings. The third-order valence-electron chi connectivity index (χ3n) is 10.2.